The summed E-state index contributed by atoms with van der Waals surface area (Å²) >= 11 is 1.61. The van der Waals surface area contributed by atoms with Crippen LogP contribution in [0.2, 0.25) is 0 Å². The van der Waals surface area contributed by atoms with Gasteiger partial charge in [0.15, 0.2) is 0 Å². The molecule has 5 heteroatoms. The SMILES string of the molecule is Cc1cc(C/C=C/C(=O)O)sc1C1(C)OCCO1. The molecule has 98 valence electrons. The van der Waals surface area contributed by atoms with Crippen molar-refractivity contribution in [1.82, 2.24) is 0 Å². The summed E-state index contributed by atoms with van der Waals surface area (Å²) < 4.78 is 11.3. The van der Waals surface area contributed by atoms with E-state index >= 15 is 0 Å². The molecule has 0 bridgehead atoms. The lowest BCUT2D eigenvalue weighted by Gasteiger charge is -2.21. The van der Waals surface area contributed by atoms with Gasteiger partial charge in [-0.15, -0.1) is 11.3 Å². The van der Waals surface area contributed by atoms with Crippen LogP contribution < -0.4 is 0 Å². The molecule has 0 atom stereocenters. The van der Waals surface area contributed by atoms with Crippen molar-refractivity contribution in [3.63, 3.8) is 0 Å². The van der Waals surface area contributed by atoms with E-state index in [9.17, 15) is 4.79 Å². The minimum Gasteiger partial charge on any atom is -0.478 e. The molecule has 1 aliphatic heterocycles. The predicted octanol–water partition coefficient (Wildman–Crippen LogP) is 2.46. The molecule has 0 amide bonds. The van der Waals surface area contributed by atoms with E-state index in [1.54, 1.807) is 17.4 Å². The second-order valence-corrected chi connectivity index (χ2v) is 5.45. The number of hydrogen-bond acceptors (Lipinski definition) is 4. The molecule has 0 aliphatic carbocycles. The highest BCUT2D eigenvalue weighted by molar-refractivity contribution is 7.12. The fourth-order valence-corrected chi connectivity index (χ4v) is 3.22. The van der Waals surface area contributed by atoms with Gasteiger partial charge in [0.1, 0.15) is 0 Å². The largest absolute Gasteiger partial charge is 0.478 e. The van der Waals surface area contributed by atoms with Crippen LogP contribution in [-0.4, -0.2) is 24.3 Å². The van der Waals surface area contributed by atoms with E-state index in [1.165, 1.54) is 6.08 Å². The van der Waals surface area contributed by atoms with E-state index in [-0.39, 0.29) is 0 Å². The van der Waals surface area contributed by atoms with Gasteiger partial charge in [-0.05, 0) is 25.5 Å². The minimum atomic E-state index is -0.919. The summed E-state index contributed by atoms with van der Waals surface area (Å²) in [6.45, 7) is 5.17. The van der Waals surface area contributed by atoms with Crippen molar-refractivity contribution in [2.24, 2.45) is 0 Å². The molecule has 2 heterocycles. The van der Waals surface area contributed by atoms with Crippen molar-refractivity contribution in [2.75, 3.05) is 13.2 Å². The van der Waals surface area contributed by atoms with Crippen molar-refractivity contribution in [1.29, 1.82) is 0 Å². The van der Waals surface area contributed by atoms with Crippen LogP contribution in [0.15, 0.2) is 18.2 Å². The van der Waals surface area contributed by atoms with E-state index in [2.05, 4.69) is 6.07 Å². The lowest BCUT2D eigenvalue weighted by atomic mass is 10.1. The van der Waals surface area contributed by atoms with E-state index in [0.29, 0.717) is 19.6 Å². The normalized spacial score (nSPS) is 18.6. The van der Waals surface area contributed by atoms with E-state index < -0.39 is 11.8 Å². The molecule has 0 radical (unpaired) electrons. The van der Waals surface area contributed by atoms with Crippen LogP contribution in [0.3, 0.4) is 0 Å². The first-order valence-electron chi connectivity index (χ1n) is 5.78. The zero-order valence-electron chi connectivity index (χ0n) is 10.4. The first-order chi connectivity index (χ1) is 8.51. The van der Waals surface area contributed by atoms with Gasteiger partial charge in [-0.1, -0.05) is 6.08 Å². The molecule has 0 aromatic carbocycles. The van der Waals surface area contributed by atoms with Crippen molar-refractivity contribution in [3.05, 3.63) is 33.5 Å². The molecule has 1 aromatic rings. The molecule has 0 spiro atoms. The first kappa shape index (κ1) is 13.3. The number of aliphatic carboxylic acids is 1. The Balaban J connectivity index is 2.14. The van der Waals surface area contributed by atoms with Gasteiger partial charge in [-0.3, -0.25) is 0 Å². The molecule has 18 heavy (non-hydrogen) atoms. The third-order valence-electron chi connectivity index (χ3n) is 2.80. The second-order valence-electron chi connectivity index (χ2n) is 4.31. The van der Waals surface area contributed by atoms with Gasteiger partial charge in [-0.25, -0.2) is 4.79 Å². The number of carboxylic acid groups (broad SMARTS) is 1. The maximum Gasteiger partial charge on any atom is 0.327 e. The molecular formula is C13H16O4S. The molecule has 0 saturated carbocycles. The monoisotopic (exact) mass is 268 g/mol. The van der Waals surface area contributed by atoms with Crippen molar-refractivity contribution < 1.29 is 19.4 Å². The number of aryl methyl sites for hydroxylation is 1. The van der Waals surface area contributed by atoms with Crippen LogP contribution in [0.1, 0.15) is 22.2 Å². The van der Waals surface area contributed by atoms with Crippen LogP contribution in [0.5, 0.6) is 0 Å². The summed E-state index contributed by atoms with van der Waals surface area (Å²) in [7, 11) is 0. The molecule has 4 nitrogen and oxygen atoms in total. The maximum absolute atomic E-state index is 10.4. The Kier molecular flexibility index (Phi) is 3.85. The predicted molar refractivity (Wildman–Crippen MR) is 68.8 cm³/mol. The first-order valence-corrected chi connectivity index (χ1v) is 6.60. The van der Waals surface area contributed by atoms with Gasteiger partial charge in [0.25, 0.3) is 0 Å². The maximum atomic E-state index is 10.4. The fourth-order valence-electron chi connectivity index (χ4n) is 2.02. The molecule has 1 fully saturated rings. The van der Waals surface area contributed by atoms with E-state index in [0.717, 1.165) is 15.3 Å². The van der Waals surface area contributed by atoms with Gasteiger partial charge in [0.05, 0.1) is 18.1 Å². The van der Waals surface area contributed by atoms with Crippen LogP contribution in [0.25, 0.3) is 0 Å². The zero-order valence-corrected chi connectivity index (χ0v) is 11.3. The Labute approximate surface area is 110 Å². The highest BCUT2D eigenvalue weighted by Gasteiger charge is 2.36. The standard InChI is InChI=1S/C13H16O4S/c1-9-8-10(4-3-5-11(14)15)18-12(9)13(2)16-6-7-17-13/h3,5,8H,4,6-7H2,1-2H3,(H,14,15)/b5-3+. The van der Waals surface area contributed by atoms with Crippen molar-refractivity contribution in [3.8, 4) is 0 Å². The summed E-state index contributed by atoms with van der Waals surface area (Å²) in [6.07, 6.45) is 3.43. The van der Waals surface area contributed by atoms with Gasteiger partial charge in [-0.2, -0.15) is 0 Å². The Hall–Kier alpha value is -1.17. The number of allylic oxidation sites excluding steroid dienone is 1. The van der Waals surface area contributed by atoms with Crippen molar-refractivity contribution in [2.45, 2.75) is 26.1 Å². The lowest BCUT2D eigenvalue weighted by Crippen LogP contribution is -2.21. The average Bonchev–Trinajstić information content (AvgIpc) is 2.86. The zero-order chi connectivity index (χ0) is 13.2. The summed E-state index contributed by atoms with van der Waals surface area (Å²) in [5, 5.41) is 8.54. The topological polar surface area (TPSA) is 55.8 Å². The molecular weight excluding hydrogens is 252 g/mol. The van der Waals surface area contributed by atoms with Gasteiger partial charge >= 0.3 is 5.97 Å². The third-order valence-corrected chi connectivity index (χ3v) is 4.24. The quantitative estimate of drug-likeness (QED) is 0.852. The van der Waals surface area contributed by atoms with Crippen molar-refractivity contribution >= 4 is 17.3 Å². The smallest absolute Gasteiger partial charge is 0.327 e. The Morgan fingerprint density at radius 1 is 1.56 bits per heavy atom. The van der Waals surface area contributed by atoms with E-state index in [1.807, 2.05) is 13.8 Å². The molecule has 1 N–H and O–H groups in total. The highest BCUT2D eigenvalue weighted by atomic mass is 32.1. The number of rotatable bonds is 4. The molecule has 0 unspecified atom stereocenters. The van der Waals surface area contributed by atoms with E-state index in [4.69, 9.17) is 14.6 Å². The molecule has 1 aliphatic rings. The molecule has 2 rings (SSSR count). The Morgan fingerprint density at radius 3 is 2.83 bits per heavy atom. The number of carbonyl (C=O) groups is 1. The Bertz CT molecular complexity index is 469. The number of thiophene rings is 1. The van der Waals surface area contributed by atoms with Crippen LogP contribution >= 0.6 is 11.3 Å². The highest BCUT2D eigenvalue weighted by Crippen LogP contribution is 2.38. The lowest BCUT2D eigenvalue weighted by molar-refractivity contribution is -0.147. The number of ether oxygens (including phenoxy) is 2. The van der Waals surface area contributed by atoms with Crippen LogP contribution in [0.4, 0.5) is 0 Å². The van der Waals surface area contributed by atoms with Gasteiger partial charge in [0.2, 0.25) is 5.79 Å². The Morgan fingerprint density at radius 2 is 2.22 bits per heavy atom. The second kappa shape index (κ2) is 5.22. The summed E-state index contributed by atoms with van der Waals surface area (Å²) in [6, 6.07) is 2.06. The number of hydrogen-bond donors (Lipinski definition) is 1. The van der Waals surface area contributed by atoms with Crippen LogP contribution in [-0.2, 0) is 26.5 Å². The van der Waals surface area contributed by atoms with Gasteiger partial charge < -0.3 is 14.6 Å². The minimum absolute atomic E-state index is 0.613. The molecule has 1 aromatic heterocycles. The summed E-state index contributed by atoms with van der Waals surface area (Å²) in [5.74, 6) is -1.55. The summed E-state index contributed by atoms with van der Waals surface area (Å²) in [5.41, 5.74) is 1.13. The fraction of sp³-hybridized carbons (Fsp3) is 0.462. The number of carboxylic acids is 1. The summed E-state index contributed by atoms with van der Waals surface area (Å²) in [4.78, 5) is 12.6. The average molecular weight is 268 g/mol. The molecule has 1 saturated heterocycles. The van der Waals surface area contributed by atoms with Gasteiger partial charge in [0, 0.05) is 17.4 Å². The van der Waals surface area contributed by atoms with Crippen LogP contribution in [0, 0.1) is 6.92 Å². The third kappa shape index (κ3) is 2.80.